The second kappa shape index (κ2) is 8.32. The summed E-state index contributed by atoms with van der Waals surface area (Å²) in [5, 5.41) is 11.5. The zero-order valence-corrected chi connectivity index (χ0v) is 17.8. The first-order valence-corrected chi connectivity index (χ1v) is 10.9. The molecule has 158 valence electrons. The number of anilines is 1. The van der Waals surface area contributed by atoms with E-state index in [1.807, 2.05) is 30.3 Å². The Morgan fingerprint density at radius 1 is 1.13 bits per heavy atom. The molecule has 2 aromatic carbocycles. The van der Waals surface area contributed by atoms with E-state index in [-0.39, 0.29) is 12.2 Å². The van der Waals surface area contributed by atoms with E-state index in [0.717, 1.165) is 31.4 Å². The molecular formula is C25H30N2O3. The Hall–Kier alpha value is -2.50. The molecule has 1 fully saturated rings. The summed E-state index contributed by atoms with van der Waals surface area (Å²) in [6, 6.07) is 15.1. The van der Waals surface area contributed by atoms with Crippen LogP contribution < -0.4 is 4.90 Å². The third-order valence-electron chi connectivity index (χ3n) is 6.60. The zero-order valence-electron chi connectivity index (χ0n) is 17.8. The zero-order chi connectivity index (χ0) is 21.3. The Kier molecular flexibility index (Phi) is 5.76. The van der Waals surface area contributed by atoms with Gasteiger partial charge in [-0.1, -0.05) is 55.8 Å². The minimum atomic E-state index is -1.82. The van der Waals surface area contributed by atoms with Crippen molar-refractivity contribution in [3.63, 3.8) is 0 Å². The van der Waals surface area contributed by atoms with Gasteiger partial charge in [-0.3, -0.25) is 19.4 Å². The Morgan fingerprint density at radius 3 is 2.57 bits per heavy atom. The van der Waals surface area contributed by atoms with Gasteiger partial charge >= 0.3 is 0 Å². The lowest BCUT2D eigenvalue weighted by atomic mass is 9.88. The van der Waals surface area contributed by atoms with Crippen molar-refractivity contribution in [2.45, 2.75) is 57.6 Å². The number of amides is 1. The van der Waals surface area contributed by atoms with Crippen LogP contribution in [-0.4, -0.2) is 41.0 Å². The van der Waals surface area contributed by atoms with E-state index in [0.29, 0.717) is 29.5 Å². The van der Waals surface area contributed by atoms with Crippen LogP contribution in [-0.2, 0) is 16.8 Å². The molecule has 2 heterocycles. The summed E-state index contributed by atoms with van der Waals surface area (Å²) in [6.07, 6.45) is 4.08. The molecule has 0 spiro atoms. The van der Waals surface area contributed by atoms with Gasteiger partial charge in [0.15, 0.2) is 11.4 Å². The summed E-state index contributed by atoms with van der Waals surface area (Å²) < 4.78 is 0. The Balaban J connectivity index is 1.60. The molecule has 2 aliphatic rings. The Bertz CT molecular complexity index is 940. The first-order chi connectivity index (χ1) is 14.4. The van der Waals surface area contributed by atoms with Crippen LogP contribution in [0.1, 0.15) is 61.0 Å². The van der Waals surface area contributed by atoms with E-state index in [2.05, 4.69) is 18.7 Å². The van der Waals surface area contributed by atoms with Crippen LogP contribution >= 0.6 is 0 Å². The molecule has 5 nitrogen and oxygen atoms in total. The van der Waals surface area contributed by atoms with Crippen molar-refractivity contribution < 1.29 is 14.7 Å². The van der Waals surface area contributed by atoms with Crippen molar-refractivity contribution in [3.8, 4) is 0 Å². The summed E-state index contributed by atoms with van der Waals surface area (Å²) >= 11 is 0. The predicted octanol–water partition coefficient (Wildman–Crippen LogP) is 3.89. The second-order valence-electron chi connectivity index (χ2n) is 8.56. The number of fused-ring (bicyclic) bond motifs is 1. The lowest BCUT2D eigenvalue weighted by Gasteiger charge is -2.36. The third-order valence-corrected chi connectivity index (χ3v) is 6.60. The number of benzene rings is 2. The number of hydrogen-bond donors (Lipinski definition) is 1. The molecule has 0 radical (unpaired) electrons. The molecule has 1 saturated heterocycles. The molecule has 30 heavy (non-hydrogen) atoms. The number of rotatable bonds is 6. The summed E-state index contributed by atoms with van der Waals surface area (Å²) in [7, 11) is 0. The van der Waals surface area contributed by atoms with Gasteiger partial charge in [-0.15, -0.1) is 0 Å². The second-order valence-corrected chi connectivity index (χ2v) is 8.56. The van der Waals surface area contributed by atoms with Crippen molar-refractivity contribution in [1.29, 1.82) is 0 Å². The molecule has 1 amide bonds. The molecule has 5 heteroatoms. The van der Waals surface area contributed by atoms with Crippen LogP contribution in [0.5, 0.6) is 0 Å². The molecular weight excluding hydrogens is 376 g/mol. The highest BCUT2D eigenvalue weighted by atomic mass is 16.3. The van der Waals surface area contributed by atoms with E-state index >= 15 is 0 Å². The highest BCUT2D eigenvalue weighted by Gasteiger charge is 2.51. The molecule has 2 atom stereocenters. The maximum absolute atomic E-state index is 13.4. The summed E-state index contributed by atoms with van der Waals surface area (Å²) in [6.45, 7) is 5.62. The number of para-hydroxylation sites is 1. The fourth-order valence-electron chi connectivity index (χ4n) is 4.63. The van der Waals surface area contributed by atoms with Gasteiger partial charge in [-0.2, -0.15) is 0 Å². The molecule has 2 aliphatic heterocycles. The lowest BCUT2D eigenvalue weighted by molar-refractivity contribution is -0.136. The van der Waals surface area contributed by atoms with E-state index in [4.69, 9.17) is 0 Å². The smallest absolute Gasteiger partial charge is 0.265 e. The minimum Gasteiger partial charge on any atom is -0.375 e. The first-order valence-electron chi connectivity index (χ1n) is 10.9. The number of hydrogen-bond acceptors (Lipinski definition) is 4. The lowest BCUT2D eigenvalue weighted by Crippen LogP contribution is -2.49. The van der Waals surface area contributed by atoms with Crippen LogP contribution in [0.3, 0.4) is 0 Å². The average Bonchev–Trinajstić information content (AvgIpc) is 2.97. The van der Waals surface area contributed by atoms with Gasteiger partial charge in [0, 0.05) is 23.7 Å². The molecule has 0 bridgehead atoms. The number of carbonyl (C=O) groups excluding carboxylic acids is 2. The topological polar surface area (TPSA) is 60.9 Å². The maximum atomic E-state index is 13.4. The van der Waals surface area contributed by atoms with E-state index < -0.39 is 11.5 Å². The monoisotopic (exact) mass is 406 g/mol. The van der Waals surface area contributed by atoms with Crippen LogP contribution in [0.15, 0.2) is 48.5 Å². The predicted molar refractivity (Wildman–Crippen MR) is 117 cm³/mol. The van der Waals surface area contributed by atoms with Crippen molar-refractivity contribution >= 4 is 17.4 Å². The molecule has 4 rings (SSSR count). The van der Waals surface area contributed by atoms with Crippen LogP contribution in [0.25, 0.3) is 0 Å². The van der Waals surface area contributed by atoms with Crippen LogP contribution in [0.2, 0.25) is 0 Å². The summed E-state index contributed by atoms with van der Waals surface area (Å²) in [4.78, 5) is 30.3. The van der Waals surface area contributed by atoms with Gasteiger partial charge in [-0.25, -0.2) is 0 Å². The quantitative estimate of drug-likeness (QED) is 0.740. The van der Waals surface area contributed by atoms with Gasteiger partial charge in [-0.05, 0) is 37.8 Å². The third kappa shape index (κ3) is 3.68. The van der Waals surface area contributed by atoms with Gasteiger partial charge in [0.25, 0.3) is 5.91 Å². The van der Waals surface area contributed by atoms with Gasteiger partial charge in [0.05, 0.1) is 18.8 Å². The highest BCUT2D eigenvalue weighted by molar-refractivity contribution is 6.10. The molecule has 1 N–H and O–H groups in total. The van der Waals surface area contributed by atoms with Crippen molar-refractivity contribution in [2.24, 2.45) is 0 Å². The molecule has 2 aromatic rings. The Morgan fingerprint density at radius 2 is 1.87 bits per heavy atom. The molecule has 0 saturated carbocycles. The van der Waals surface area contributed by atoms with Crippen LogP contribution in [0.4, 0.5) is 5.69 Å². The highest BCUT2D eigenvalue weighted by Crippen LogP contribution is 2.43. The normalized spacial score (nSPS) is 24.2. The van der Waals surface area contributed by atoms with Crippen molar-refractivity contribution in [3.05, 3.63) is 65.2 Å². The van der Waals surface area contributed by atoms with E-state index in [1.165, 1.54) is 6.42 Å². The summed E-state index contributed by atoms with van der Waals surface area (Å²) in [5.74, 6) is -0.628. The SMILES string of the molecule is CCc1ccc(C(=O)CC2(O)C(=O)N(CN3CCCCC3C)c3ccccc32)cc1. The number of nitrogens with zero attached hydrogens (tertiary/aromatic N) is 2. The number of aryl methyl sites for hydroxylation is 1. The number of ketones is 1. The number of carbonyl (C=O) groups is 2. The fourth-order valence-corrected chi connectivity index (χ4v) is 4.63. The largest absolute Gasteiger partial charge is 0.375 e. The fraction of sp³-hybridized carbons (Fsp3) is 0.440. The molecule has 0 aliphatic carbocycles. The number of aliphatic hydroxyl groups is 1. The van der Waals surface area contributed by atoms with Crippen molar-refractivity contribution in [2.75, 3.05) is 18.1 Å². The number of Topliss-reactive ketones (excluding diaryl/α,β-unsaturated/α-hetero) is 1. The number of piperidine rings is 1. The van der Waals surface area contributed by atoms with Crippen molar-refractivity contribution in [1.82, 2.24) is 4.90 Å². The standard InChI is InChI=1S/C25H30N2O3/c1-3-19-11-13-20(14-12-19)23(28)16-25(30)21-9-4-5-10-22(21)27(24(25)29)17-26-15-7-6-8-18(26)2/h4-5,9-14,18,30H,3,6-8,15-17H2,1-2H3. The van der Waals surface area contributed by atoms with Crippen LogP contribution in [0, 0.1) is 0 Å². The molecule has 0 aromatic heterocycles. The maximum Gasteiger partial charge on any atom is 0.265 e. The summed E-state index contributed by atoms with van der Waals surface area (Å²) in [5.41, 5.74) is 1.08. The van der Waals surface area contributed by atoms with Gasteiger partial charge in [0.1, 0.15) is 0 Å². The number of likely N-dealkylation sites (tertiary alicyclic amines) is 1. The van der Waals surface area contributed by atoms with Gasteiger partial charge in [0.2, 0.25) is 0 Å². The molecule has 2 unspecified atom stereocenters. The van der Waals surface area contributed by atoms with E-state index in [9.17, 15) is 14.7 Å². The Labute approximate surface area is 178 Å². The minimum absolute atomic E-state index is 0.225. The first kappa shape index (κ1) is 20.8. The van der Waals surface area contributed by atoms with Gasteiger partial charge < -0.3 is 5.11 Å². The van der Waals surface area contributed by atoms with E-state index in [1.54, 1.807) is 23.1 Å². The average molecular weight is 407 g/mol.